The van der Waals surface area contributed by atoms with Gasteiger partial charge in [-0.3, -0.25) is 9.59 Å². The third kappa shape index (κ3) is 5.35. The summed E-state index contributed by atoms with van der Waals surface area (Å²) in [5.41, 5.74) is 1.46. The number of benzene rings is 3. The van der Waals surface area contributed by atoms with Gasteiger partial charge in [0.15, 0.2) is 5.82 Å². The van der Waals surface area contributed by atoms with Crippen LogP contribution in [-0.2, 0) is 4.79 Å². The van der Waals surface area contributed by atoms with Crippen molar-refractivity contribution in [3.63, 3.8) is 0 Å². The van der Waals surface area contributed by atoms with Crippen LogP contribution in [0.25, 0.3) is 17.1 Å². The molecule has 0 saturated carbocycles. The zero-order valence-electron chi connectivity index (χ0n) is 17.9. The van der Waals surface area contributed by atoms with Crippen LogP contribution in [0.3, 0.4) is 0 Å². The van der Waals surface area contributed by atoms with Gasteiger partial charge in [-0.2, -0.15) is 0 Å². The predicted molar refractivity (Wildman–Crippen MR) is 127 cm³/mol. The molecule has 4 rings (SSSR count). The van der Waals surface area contributed by atoms with Crippen molar-refractivity contribution < 1.29 is 14.0 Å². The van der Waals surface area contributed by atoms with E-state index in [-0.39, 0.29) is 41.1 Å². The van der Waals surface area contributed by atoms with Gasteiger partial charge in [0.2, 0.25) is 17.5 Å². The minimum Gasteiger partial charge on any atom is -0.325 e. The van der Waals surface area contributed by atoms with Crippen LogP contribution in [0, 0.1) is 5.82 Å². The second-order valence-corrected chi connectivity index (χ2v) is 8.17. The molecule has 3 aromatic carbocycles. The van der Waals surface area contributed by atoms with Crippen molar-refractivity contribution in [3.05, 3.63) is 90.5 Å². The zero-order valence-corrected chi connectivity index (χ0v) is 18.7. The minimum atomic E-state index is -0.457. The van der Waals surface area contributed by atoms with E-state index in [0.717, 1.165) is 4.90 Å². The van der Waals surface area contributed by atoms with Crippen LogP contribution in [0.4, 0.5) is 10.1 Å². The van der Waals surface area contributed by atoms with Crippen LogP contribution in [0.5, 0.6) is 0 Å². The monoisotopic (exact) mass is 460 g/mol. The standard InChI is InChI=1S/C25H21FN4O2S/c1-2-22(31)24-28-25(20-10-6-7-11-21(20)26)30(29-24)18-14-12-17(13-15-18)27-23(32)16-33-19-8-4-3-5-9-19/h3-15H,2,16H2,1H3,(H,27,32). The summed E-state index contributed by atoms with van der Waals surface area (Å²) in [4.78, 5) is 29.8. The molecule has 1 heterocycles. The summed E-state index contributed by atoms with van der Waals surface area (Å²) < 4.78 is 15.9. The molecule has 6 nitrogen and oxygen atoms in total. The van der Waals surface area contributed by atoms with E-state index in [1.807, 2.05) is 30.3 Å². The normalized spacial score (nSPS) is 10.7. The molecule has 166 valence electrons. The summed E-state index contributed by atoms with van der Waals surface area (Å²) in [5.74, 6) is -0.255. The summed E-state index contributed by atoms with van der Waals surface area (Å²) in [6.07, 6.45) is 0.243. The lowest BCUT2D eigenvalue weighted by atomic mass is 10.2. The van der Waals surface area contributed by atoms with Crippen LogP contribution in [0.1, 0.15) is 24.0 Å². The fourth-order valence-electron chi connectivity index (χ4n) is 3.13. The molecule has 8 heteroatoms. The van der Waals surface area contributed by atoms with E-state index in [4.69, 9.17) is 0 Å². The molecule has 0 fully saturated rings. The van der Waals surface area contributed by atoms with E-state index in [2.05, 4.69) is 15.4 Å². The molecular weight excluding hydrogens is 439 g/mol. The Morgan fingerprint density at radius 1 is 0.970 bits per heavy atom. The Kier molecular flexibility index (Phi) is 6.95. The number of thioether (sulfide) groups is 1. The SMILES string of the molecule is CCC(=O)c1nc(-c2ccccc2F)n(-c2ccc(NC(=O)CSc3ccccc3)cc2)n1. The molecule has 0 aliphatic carbocycles. The highest BCUT2D eigenvalue weighted by Gasteiger charge is 2.19. The van der Waals surface area contributed by atoms with Crippen LogP contribution < -0.4 is 5.32 Å². The van der Waals surface area contributed by atoms with E-state index in [0.29, 0.717) is 11.4 Å². The van der Waals surface area contributed by atoms with E-state index in [1.165, 1.54) is 22.5 Å². The summed E-state index contributed by atoms with van der Waals surface area (Å²) in [7, 11) is 0. The molecule has 0 atom stereocenters. The topological polar surface area (TPSA) is 76.9 Å². The fraction of sp³-hybridized carbons (Fsp3) is 0.120. The van der Waals surface area contributed by atoms with Gasteiger partial charge in [-0.25, -0.2) is 14.1 Å². The molecule has 0 bridgehead atoms. The van der Waals surface area contributed by atoms with Crippen LogP contribution in [0.15, 0.2) is 83.8 Å². The molecule has 0 aliphatic rings. The third-order valence-corrected chi connectivity index (χ3v) is 5.81. The van der Waals surface area contributed by atoms with Crippen LogP contribution >= 0.6 is 11.8 Å². The Bertz CT molecular complexity index is 1270. The summed E-state index contributed by atoms with van der Waals surface area (Å²) in [6.45, 7) is 1.72. The smallest absolute Gasteiger partial charge is 0.234 e. The fourth-order valence-corrected chi connectivity index (χ4v) is 3.85. The third-order valence-electron chi connectivity index (χ3n) is 4.80. The molecular formula is C25H21FN4O2S. The number of nitrogens with zero attached hydrogens (tertiary/aromatic N) is 3. The van der Waals surface area contributed by atoms with E-state index < -0.39 is 5.82 Å². The Hall–Kier alpha value is -3.78. The molecule has 0 spiro atoms. The first-order chi connectivity index (χ1) is 16.0. The van der Waals surface area contributed by atoms with Gasteiger partial charge in [-0.05, 0) is 48.5 Å². The van der Waals surface area contributed by atoms with Crippen LogP contribution in [0.2, 0.25) is 0 Å². The molecule has 1 N–H and O–H groups in total. The molecule has 1 aromatic heterocycles. The van der Waals surface area contributed by atoms with Crippen molar-refractivity contribution in [2.75, 3.05) is 11.1 Å². The minimum absolute atomic E-state index is 0.0334. The summed E-state index contributed by atoms with van der Waals surface area (Å²) in [6, 6.07) is 22.8. The van der Waals surface area contributed by atoms with Crippen molar-refractivity contribution in [3.8, 4) is 17.1 Å². The lowest BCUT2D eigenvalue weighted by Gasteiger charge is -2.09. The van der Waals surface area contributed by atoms with Crippen molar-refractivity contribution in [1.29, 1.82) is 0 Å². The molecule has 33 heavy (non-hydrogen) atoms. The number of anilines is 1. The number of halogens is 1. The van der Waals surface area contributed by atoms with E-state index >= 15 is 0 Å². The van der Waals surface area contributed by atoms with Crippen LogP contribution in [-0.4, -0.2) is 32.2 Å². The first-order valence-electron chi connectivity index (χ1n) is 10.4. The maximum atomic E-state index is 14.5. The highest BCUT2D eigenvalue weighted by atomic mass is 32.2. The molecule has 0 saturated heterocycles. The van der Waals surface area contributed by atoms with Gasteiger partial charge < -0.3 is 5.32 Å². The van der Waals surface area contributed by atoms with Gasteiger partial charge in [0.1, 0.15) is 5.82 Å². The highest BCUT2D eigenvalue weighted by molar-refractivity contribution is 8.00. The Labute approximate surface area is 194 Å². The zero-order chi connectivity index (χ0) is 23.2. The Morgan fingerprint density at radius 3 is 2.36 bits per heavy atom. The molecule has 1 amide bonds. The lowest BCUT2D eigenvalue weighted by Crippen LogP contribution is -2.14. The summed E-state index contributed by atoms with van der Waals surface area (Å²) >= 11 is 1.45. The first-order valence-corrected chi connectivity index (χ1v) is 11.4. The predicted octanol–water partition coefficient (Wildman–Crippen LogP) is 5.40. The Balaban J connectivity index is 1.54. The number of Topliss-reactive ketones (excluding diaryl/α,β-unsaturated/α-hetero) is 1. The first kappa shape index (κ1) is 22.4. The van der Waals surface area contributed by atoms with Gasteiger partial charge in [0.05, 0.1) is 17.0 Å². The molecule has 0 aliphatic heterocycles. The highest BCUT2D eigenvalue weighted by Crippen LogP contribution is 2.25. The van der Waals surface area contributed by atoms with Gasteiger partial charge in [0.25, 0.3) is 0 Å². The number of carbonyl (C=O) groups is 2. The number of ketones is 1. The number of hydrogen-bond acceptors (Lipinski definition) is 5. The van der Waals surface area contributed by atoms with Gasteiger partial charge in [-0.1, -0.05) is 37.3 Å². The maximum Gasteiger partial charge on any atom is 0.234 e. The van der Waals surface area contributed by atoms with Crippen molar-refractivity contribution in [1.82, 2.24) is 14.8 Å². The quantitative estimate of drug-likeness (QED) is 0.282. The van der Waals surface area contributed by atoms with Gasteiger partial charge in [-0.15, -0.1) is 16.9 Å². The van der Waals surface area contributed by atoms with Crippen molar-refractivity contribution >= 4 is 29.1 Å². The van der Waals surface area contributed by atoms with Crippen molar-refractivity contribution in [2.45, 2.75) is 18.2 Å². The largest absolute Gasteiger partial charge is 0.325 e. The molecule has 0 radical (unpaired) electrons. The second kappa shape index (κ2) is 10.2. The van der Waals surface area contributed by atoms with E-state index in [9.17, 15) is 14.0 Å². The lowest BCUT2D eigenvalue weighted by molar-refractivity contribution is -0.113. The van der Waals surface area contributed by atoms with Crippen molar-refractivity contribution in [2.24, 2.45) is 0 Å². The van der Waals surface area contributed by atoms with Gasteiger partial charge >= 0.3 is 0 Å². The Morgan fingerprint density at radius 2 is 1.67 bits per heavy atom. The average Bonchev–Trinajstić information content (AvgIpc) is 3.29. The van der Waals surface area contributed by atoms with E-state index in [1.54, 1.807) is 49.4 Å². The number of hydrogen-bond donors (Lipinski definition) is 1. The molecule has 0 unspecified atom stereocenters. The summed E-state index contributed by atoms with van der Waals surface area (Å²) in [5, 5.41) is 7.18. The van der Waals surface area contributed by atoms with Gasteiger partial charge in [0, 0.05) is 17.0 Å². The number of aromatic nitrogens is 3. The molecule has 4 aromatic rings. The average molecular weight is 461 g/mol. The second-order valence-electron chi connectivity index (χ2n) is 7.12. The number of nitrogens with one attached hydrogen (secondary N) is 1. The number of carbonyl (C=O) groups excluding carboxylic acids is 2. The maximum absolute atomic E-state index is 14.5. The number of rotatable bonds is 8. The number of amides is 1.